The van der Waals surface area contributed by atoms with Gasteiger partial charge in [-0.15, -0.1) is 0 Å². The third-order valence-corrected chi connectivity index (χ3v) is 1.85. The molecule has 0 bridgehead atoms. The zero-order chi connectivity index (χ0) is 8.97. The van der Waals surface area contributed by atoms with Crippen LogP contribution in [0.25, 0.3) is 0 Å². The van der Waals surface area contributed by atoms with Crippen LogP contribution in [0.4, 0.5) is 0 Å². The Bertz CT molecular complexity index is 218. The molecule has 0 aromatic rings. The number of hydrogen-bond acceptors (Lipinski definition) is 3. The van der Waals surface area contributed by atoms with Crippen LogP contribution in [0.15, 0.2) is 11.8 Å². The van der Waals surface area contributed by atoms with Gasteiger partial charge in [0.15, 0.2) is 12.0 Å². The third kappa shape index (κ3) is 1.94. The van der Waals surface area contributed by atoms with Crippen LogP contribution >= 0.6 is 0 Å². The Kier molecular flexibility index (Phi) is 3.02. The first-order valence-corrected chi connectivity index (χ1v) is 4.12. The maximum Gasteiger partial charge on any atom is 0.259 e. The summed E-state index contributed by atoms with van der Waals surface area (Å²) in [6.45, 7) is 2.62. The summed E-state index contributed by atoms with van der Waals surface area (Å²) in [5, 5.41) is 0. The fraction of sp³-hybridized carbons (Fsp3) is 0.556. The highest BCUT2D eigenvalue weighted by Crippen LogP contribution is 2.20. The van der Waals surface area contributed by atoms with E-state index in [1.165, 1.54) is 0 Å². The van der Waals surface area contributed by atoms with Crippen molar-refractivity contribution in [1.29, 1.82) is 0 Å². The standard InChI is InChI=1S/C9H12O3/c1-2-3-7-4-9(12-6-7)8(11)5-10/h4-5,7H,2-3,6H2,1H3. The zero-order valence-electron chi connectivity index (χ0n) is 7.08. The van der Waals surface area contributed by atoms with Crippen molar-refractivity contribution in [3.63, 3.8) is 0 Å². The predicted molar refractivity (Wildman–Crippen MR) is 43.5 cm³/mol. The van der Waals surface area contributed by atoms with Crippen molar-refractivity contribution >= 4 is 12.1 Å². The Morgan fingerprint density at radius 2 is 2.58 bits per heavy atom. The quantitative estimate of drug-likeness (QED) is 0.466. The minimum absolute atomic E-state index is 0.225. The highest BCUT2D eigenvalue weighted by Gasteiger charge is 2.20. The summed E-state index contributed by atoms with van der Waals surface area (Å²) in [5.74, 6) is -0.00838. The average Bonchev–Trinajstić information content (AvgIpc) is 2.52. The minimum Gasteiger partial charge on any atom is -0.489 e. The zero-order valence-corrected chi connectivity index (χ0v) is 7.08. The van der Waals surface area contributed by atoms with Gasteiger partial charge in [-0.25, -0.2) is 0 Å². The normalized spacial score (nSPS) is 21.4. The summed E-state index contributed by atoms with van der Waals surface area (Å²) < 4.78 is 5.05. The molecule has 0 N–H and O–H groups in total. The van der Waals surface area contributed by atoms with Crippen LogP contribution in [0.2, 0.25) is 0 Å². The summed E-state index contributed by atoms with van der Waals surface area (Å²) in [4.78, 5) is 20.9. The number of carbonyl (C=O) groups excluding carboxylic acids is 2. The van der Waals surface area contributed by atoms with Crippen molar-refractivity contribution < 1.29 is 14.3 Å². The Labute approximate surface area is 71.4 Å². The van der Waals surface area contributed by atoms with E-state index in [2.05, 4.69) is 6.92 Å². The monoisotopic (exact) mass is 168 g/mol. The van der Waals surface area contributed by atoms with Gasteiger partial charge in [-0.2, -0.15) is 0 Å². The first-order valence-electron chi connectivity index (χ1n) is 4.12. The topological polar surface area (TPSA) is 43.4 Å². The molecule has 1 atom stereocenters. The molecule has 3 heteroatoms. The number of allylic oxidation sites excluding steroid dienone is 1. The SMILES string of the molecule is CCCC1C=C(C(=O)C=O)OC1. The maximum atomic E-state index is 10.8. The fourth-order valence-corrected chi connectivity index (χ4v) is 1.26. The fourth-order valence-electron chi connectivity index (χ4n) is 1.26. The minimum atomic E-state index is -0.548. The smallest absolute Gasteiger partial charge is 0.259 e. The Morgan fingerprint density at radius 3 is 3.17 bits per heavy atom. The molecule has 0 amide bonds. The van der Waals surface area contributed by atoms with Crippen molar-refractivity contribution in [2.45, 2.75) is 19.8 Å². The number of Topliss-reactive ketones (excluding diaryl/α,β-unsaturated/α-hetero) is 1. The highest BCUT2D eigenvalue weighted by molar-refractivity contribution is 6.32. The van der Waals surface area contributed by atoms with Crippen LogP contribution < -0.4 is 0 Å². The molecular formula is C9H12O3. The van der Waals surface area contributed by atoms with E-state index in [-0.39, 0.29) is 5.76 Å². The molecule has 0 aromatic heterocycles. The summed E-state index contributed by atoms with van der Waals surface area (Å²) >= 11 is 0. The van der Waals surface area contributed by atoms with Crippen LogP contribution in [-0.4, -0.2) is 18.7 Å². The molecule has 0 fully saturated rings. The van der Waals surface area contributed by atoms with Gasteiger partial charge >= 0.3 is 0 Å². The second-order valence-corrected chi connectivity index (χ2v) is 2.87. The van der Waals surface area contributed by atoms with Crippen LogP contribution in [-0.2, 0) is 14.3 Å². The Hall–Kier alpha value is -1.12. The molecule has 1 unspecified atom stereocenters. The second kappa shape index (κ2) is 4.04. The van der Waals surface area contributed by atoms with E-state index in [1.807, 2.05) is 0 Å². The van der Waals surface area contributed by atoms with Crippen molar-refractivity contribution in [1.82, 2.24) is 0 Å². The number of ether oxygens (including phenoxy) is 1. The molecule has 0 radical (unpaired) electrons. The molecule has 66 valence electrons. The van der Waals surface area contributed by atoms with Crippen LogP contribution in [0, 0.1) is 5.92 Å². The van der Waals surface area contributed by atoms with Crippen LogP contribution in [0.5, 0.6) is 0 Å². The second-order valence-electron chi connectivity index (χ2n) is 2.87. The molecule has 0 aliphatic carbocycles. The molecule has 1 aliphatic rings. The number of carbonyl (C=O) groups is 2. The average molecular weight is 168 g/mol. The van der Waals surface area contributed by atoms with Gasteiger partial charge in [0, 0.05) is 5.92 Å². The van der Waals surface area contributed by atoms with Gasteiger partial charge in [0.25, 0.3) is 5.78 Å². The molecule has 0 saturated carbocycles. The van der Waals surface area contributed by atoms with Crippen molar-refractivity contribution in [2.24, 2.45) is 5.92 Å². The van der Waals surface area contributed by atoms with Crippen molar-refractivity contribution in [3.05, 3.63) is 11.8 Å². The number of hydrogen-bond donors (Lipinski definition) is 0. The summed E-state index contributed by atoms with van der Waals surface area (Å²) in [7, 11) is 0. The summed E-state index contributed by atoms with van der Waals surface area (Å²) in [6, 6.07) is 0. The lowest BCUT2D eigenvalue weighted by atomic mass is 10.1. The maximum absolute atomic E-state index is 10.8. The highest BCUT2D eigenvalue weighted by atomic mass is 16.5. The summed E-state index contributed by atoms with van der Waals surface area (Å²) in [6.07, 6.45) is 4.11. The largest absolute Gasteiger partial charge is 0.489 e. The third-order valence-electron chi connectivity index (χ3n) is 1.85. The van der Waals surface area contributed by atoms with E-state index in [4.69, 9.17) is 4.74 Å². The number of ketones is 1. The van der Waals surface area contributed by atoms with Gasteiger partial charge in [0.1, 0.15) is 0 Å². The van der Waals surface area contributed by atoms with Gasteiger partial charge in [0.05, 0.1) is 6.61 Å². The van der Waals surface area contributed by atoms with E-state index in [1.54, 1.807) is 6.08 Å². The van der Waals surface area contributed by atoms with E-state index >= 15 is 0 Å². The Morgan fingerprint density at radius 1 is 1.83 bits per heavy atom. The van der Waals surface area contributed by atoms with Crippen LogP contribution in [0.3, 0.4) is 0 Å². The number of aldehydes is 1. The van der Waals surface area contributed by atoms with E-state index in [9.17, 15) is 9.59 Å². The molecule has 0 saturated heterocycles. The lowest BCUT2D eigenvalue weighted by Gasteiger charge is -2.01. The molecule has 1 rings (SSSR count). The van der Waals surface area contributed by atoms with E-state index in [0.717, 1.165) is 12.8 Å². The molecular weight excluding hydrogens is 156 g/mol. The van der Waals surface area contributed by atoms with Crippen LogP contribution in [0.1, 0.15) is 19.8 Å². The van der Waals surface area contributed by atoms with Gasteiger partial charge in [-0.05, 0) is 12.5 Å². The van der Waals surface area contributed by atoms with Gasteiger partial charge in [-0.3, -0.25) is 9.59 Å². The van der Waals surface area contributed by atoms with E-state index in [0.29, 0.717) is 18.8 Å². The van der Waals surface area contributed by atoms with Gasteiger partial charge in [-0.1, -0.05) is 13.3 Å². The summed E-state index contributed by atoms with van der Waals surface area (Å²) in [5.41, 5.74) is 0. The van der Waals surface area contributed by atoms with E-state index < -0.39 is 5.78 Å². The lowest BCUT2D eigenvalue weighted by Crippen LogP contribution is -2.03. The molecule has 0 spiro atoms. The Balaban J connectivity index is 2.53. The predicted octanol–water partition coefficient (Wildman–Crippen LogP) is 1.08. The molecule has 3 nitrogen and oxygen atoms in total. The molecule has 1 aliphatic heterocycles. The van der Waals surface area contributed by atoms with Gasteiger partial charge < -0.3 is 4.74 Å². The first-order chi connectivity index (χ1) is 5.77. The number of rotatable bonds is 4. The van der Waals surface area contributed by atoms with Crippen molar-refractivity contribution in [3.8, 4) is 0 Å². The molecule has 0 aromatic carbocycles. The lowest BCUT2D eigenvalue weighted by molar-refractivity contribution is -0.129. The first kappa shape index (κ1) is 8.97. The molecule has 1 heterocycles. The van der Waals surface area contributed by atoms with Crippen molar-refractivity contribution in [2.75, 3.05) is 6.61 Å². The molecule has 12 heavy (non-hydrogen) atoms. The van der Waals surface area contributed by atoms with Gasteiger partial charge in [0.2, 0.25) is 0 Å².